The Hall–Kier alpha value is -2.93. The van der Waals surface area contributed by atoms with E-state index in [4.69, 9.17) is 23.2 Å². The molecule has 0 saturated carbocycles. The summed E-state index contributed by atoms with van der Waals surface area (Å²) in [7, 11) is -2.34. The van der Waals surface area contributed by atoms with Crippen LogP contribution in [-0.2, 0) is 10.3 Å². The summed E-state index contributed by atoms with van der Waals surface area (Å²) in [5.74, 6) is 0.276. The van der Waals surface area contributed by atoms with Gasteiger partial charge in [-0.2, -0.15) is 8.42 Å². The lowest BCUT2D eigenvalue weighted by Gasteiger charge is -2.42. The third kappa shape index (κ3) is 5.82. The predicted octanol–water partition coefficient (Wildman–Crippen LogP) is 5.32. The fourth-order valence-electron chi connectivity index (χ4n) is 5.97. The van der Waals surface area contributed by atoms with E-state index in [9.17, 15) is 13.0 Å². The van der Waals surface area contributed by atoms with Crippen molar-refractivity contribution in [3.05, 3.63) is 64.4 Å². The van der Waals surface area contributed by atoms with Crippen molar-refractivity contribution in [1.29, 1.82) is 0 Å². The zero-order valence-corrected chi connectivity index (χ0v) is 25.8. The fraction of sp³-hybridized carbons (Fsp3) is 0.379. The SMILES string of the molecule is Cc1cc(N2CCC(N3CCN(C)CC3)CC2)c(Cl)cc1Nc1ncc(Cl)c(-c2cn(S(=O)(=O)O)c3ccccc23)n1. The average Bonchev–Trinajstić information content (AvgIpc) is 3.37. The summed E-state index contributed by atoms with van der Waals surface area (Å²) < 4.78 is 34.6. The van der Waals surface area contributed by atoms with Crippen LogP contribution in [-0.4, -0.2) is 89.1 Å². The first-order valence-electron chi connectivity index (χ1n) is 13.9. The van der Waals surface area contributed by atoms with Gasteiger partial charge in [0.25, 0.3) is 0 Å². The average molecular weight is 631 g/mol. The number of piperazine rings is 1. The molecular formula is C29H33Cl2N7O3S. The molecule has 4 heterocycles. The summed E-state index contributed by atoms with van der Waals surface area (Å²) in [5.41, 5.74) is 3.85. The molecule has 222 valence electrons. The number of benzene rings is 2. The normalized spacial score (nSPS) is 17.7. The highest BCUT2D eigenvalue weighted by molar-refractivity contribution is 7.84. The summed E-state index contributed by atoms with van der Waals surface area (Å²) in [4.78, 5) is 16.4. The van der Waals surface area contributed by atoms with Gasteiger partial charge in [0.1, 0.15) is 0 Å². The standard InChI is InChI=1S/C29H33Cl2N7O3S/c1-19-15-27(37-9-7-20(8-10-37)36-13-11-35(2)12-14-36)23(30)16-25(19)33-29-32-17-24(31)28(34-29)22-18-38(42(39,40)41)26-6-4-3-5-21(22)26/h3-6,15-18,20H,7-14H2,1-2H3,(H,32,33,34)(H,39,40,41). The lowest BCUT2D eigenvalue weighted by molar-refractivity contribution is 0.0982. The molecule has 0 bridgehead atoms. The predicted molar refractivity (Wildman–Crippen MR) is 169 cm³/mol. The third-order valence-corrected chi connectivity index (χ3v) is 9.70. The van der Waals surface area contributed by atoms with Gasteiger partial charge in [-0.25, -0.2) is 13.9 Å². The zero-order chi connectivity index (χ0) is 29.6. The number of fused-ring (bicyclic) bond motifs is 1. The van der Waals surface area contributed by atoms with Gasteiger partial charge in [0.15, 0.2) is 0 Å². The molecule has 0 amide bonds. The Morgan fingerprint density at radius 3 is 2.43 bits per heavy atom. The van der Waals surface area contributed by atoms with Crippen LogP contribution < -0.4 is 10.2 Å². The Morgan fingerprint density at radius 1 is 1.00 bits per heavy atom. The highest BCUT2D eigenvalue weighted by Crippen LogP contribution is 2.37. The van der Waals surface area contributed by atoms with Gasteiger partial charge in [0.2, 0.25) is 5.95 Å². The van der Waals surface area contributed by atoms with Crippen molar-refractivity contribution < 1.29 is 13.0 Å². The van der Waals surface area contributed by atoms with Crippen LogP contribution in [0.25, 0.3) is 22.2 Å². The van der Waals surface area contributed by atoms with Crippen LogP contribution in [0, 0.1) is 6.92 Å². The molecule has 4 aromatic rings. The number of para-hydroxylation sites is 1. The number of nitrogens with one attached hydrogen (secondary N) is 1. The van der Waals surface area contributed by atoms with Gasteiger partial charge in [-0.1, -0.05) is 41.4 Å². The van der Waals surface area contributed by atoms with Gasteiger partial charge in [0.05, 0.1) is 33.1 Å². The molecule has 42 heavy (non-hydrogen) atoms. The van der Waals surface area contributed by atoms with E-state index in [1.807, 2.05) is 13.0 Å². The molecule has 0 radical (unpaired) electrons. The Kier molecular flexibility index (Phi) is 8.07. The van der Waals surface area contributed by atoms with E-state index in [2.05, 4.69) is 43.1 Å². The first-order valence-corrected chi connectivity index (χ1v) is 16.1. The van der Waals surface area contributed by atoms with Crippen LogP contribution in [0.3, 0.4) is 0 Å². The molecule has 6 rings (SSSR count). The molecule has 2 aliphatic rings. The second-order valence-electron chi connectivity index (χ2n) is 11.0. The topological polar surface area (TPSA) is 107 Å². The first-order chi connectivity index (χ1) is 20.1. The molecule has 10 nitrogen and oxygen atoms in total. The fourth-order valence-corrected chi connectivity index (χ4v) is 7.09. The first kappa shape index (κ1) is 29.2. The summed E-state index contributed by atoms with van der Waals surface area (Å²) in [5, 5.41) is 4.71. The van der Waals surface area contributed by atoms with E-state index < -0.39 is 10.3 Å². The second kappa shape index (κ2) is 11.6. The number of rotatable bonds is 6. The maximum atomic E-state index is 12.0. The minimum absolute atomic E-state index is 0.240. The van der Waals surface area contributed by atoms with Crippen LogP contribution in [0.1, 0.15) is 18.4 Å². The number of likely N-dealkylation sites (N-methyl/N-ethyl adjacent to an activating group) is 1. The maximum absolute atomic E-state index is 12.0. The van der Waals surface area contributed by atoms with Crippen molar-refractivity contribution in [2.75, 3.05) is 56.5 Å². The van der Waals surface area contributed by atoms with E-state index in [-0.39, 0.29) is 11.0 Å². The number of aromatic nitrogens is 3. The minimum Gasteiger partial charge on any atom is -0.370 e. The van der Waals surface area contributed by atoms with E-state index in [1.54, 1.807) is 24.3 Å². The molecule has 2 aromatic carbocycles. The monoisotopic (exact) mass is 629 g/mol. The van der Waals surface area contributed by atoms with Crippen molar-refractivity contribution in [2.45, 2.75) is 25.8 Å². The van der Waals surface area contributed by atoms with Crippen molar-refractivity contribution in [3.63, 3.8) is 0 Å². The molecular weight excluding hydrogens is 597 g/mol. The van der Waals surface area contributed by atoms with Gasteiger partial charge in [-0.15, -0.1) is 0 Å². The summed E-state index contributed by atoms with van der Waals surface area (Å²) in [6.07, 6.45) is 5.01. The molecule has 2 saturated heterocycles. The zero-order valence-electron chi connectivity index (χ0n) is 23.5. The quantitative estimate of drug-likeness (QED) is 0.274. The van der Waals surface area contributed by atoms with Crippen molar-refractivity contribution >= 4 is 61.7 Å². The van der Waals surface area contributed by atoms with E-state index >= 15 is 0 Å². The lowest BCUT2D eigenvalue weighted by Crippen LogP contribution is -2.52. The molecule has 0 spiro atoms. The molecule has 2 N–H and O–H groups in total. The highest BCUT2D eigenvalue weighted by atomic mass is 35.5. The van der Waals surface area contributed by atoms with E-state index in [1.165, 1.54) is 12.4 Å². The van der Waals surface area contributed by atoms with Gasteiger partial charge in [-0.3, -0.25) is 9.45 Å². The van der Waals surface area contributed by atoms with Crippen molar-refractivity contribution in [2.24, 2.45) is 0 Å². The van der Waals surface area contributed by atoms with Crippen molar-refractivity contribution in [3.8, 4) is 11.3 Å². The molecule has 0 atom stereocenters. The maximum Gasteiger partial charge on any atom is 0.363 e. The van der Waals surface area contributed by atoms with Crippen molar-refractivity contribution in [1.82, 2.24) is 23.7 Å². The molecule has 2 aromatic heterocycles. The third-order valence-electron chi connectivity index (χ3n) is 8.33. The lowest BCUT2D eigenvalue weighted by atomic mass is 10.0. The minimum atomic E-state index is -4.53. The Balaban J connectivity index is 1.22. The number of halogens is 2. The second-order valence-corrected chi connectivity index (χ2v) is 13.1. The molecule has 2 fully saturated rings. The number of nitrogens with zero attached hydrogens (tertiary/aromatic N) is 6. The van der Waals surface area contributed by atoms with Crippen LogP contribution in [0.15, 0.2) is 48.8 Å². The highest BCUT2D eigenvalue weighted by Gasteiger charge is 2.28. The van der Waals surface area contributed by atoms with Gasteiger partial charge in [-0.05, 0) is 50.6 Å². The van der Waals surface area contributed by atoms with E-state index in [0.29, 0.717) is 33.2 Å². The summed E-state index contributed by atoms with van der Waals surface area (Å²) in [6.45, 7) is 8.47. The number of anilines is 3. The Bertz CT molecular complexity index is 1730. The smallest absolute Gasteiger partial charge is 0.363 e. The van der Waals surface area contributed by atoms with E-state index in [0.717, 1.165) is 73.0 Å². The molecule has 0 aliphatic carbocycles. The molecule has 0 unspecified atom stereocenters. The van der Waals surface area contributed by atoms with Crippen LogP contribution in [0.5, 0.6) is 0 Å². The molecule has 2 aliphatic heterocycles. The Labute approximate surface area is 255 Å². The van der Waals surface area contributed by atoms with Gasteiger partial charge < -0.3 is 15.1 Å². The van der Waals surface area contributed by atoms with Crippen LogP contribution in [0.2, 0.25) is 10.0 Å². The largest absolute Gasteiger partial charge is 0.370 e. The number of aryl methyl sites for hydroxylation is 1. The van der Waals surface area contributed by atoms with Gasteiger partial charge >= 0.3 is 10.3 Å². The molecule has 13 heteroatoms. The number of hydrogen-bond donors (Lipinski definition) is 2. The Morgan fingerprint density at radius 2 is 1.71 bits per heavy atom. The summed E-state index contributed by atoms with van der Waals surface area (Å²) in [6, 6.07) is 11.4. The van der Waals surface area contributed by atoms with Crippen LogP contribution >= 0.6 is 23.2 Å². The number of hydrogen-bond acceptors (Lipinski definition) is 8. The van der Waals surface area contributed by atoms with Gasteiger partial charge in [0, 0.05) is 68.1 Å². The van der Waals surface area contributed by atoms with Crippen LogP contribution in [0.4, 0.5) is 17.3 Å². The summed E-state index contributed by atoms with van der Waals surface area (Å²) >= 11 is 13.3. The number of piperidine rings is 1.